The van der Waals surface area contributed by atoms with Crippen LogP contribution in [0.4, 0.5) is 5.82 Å². The van der Waals surface area contributed by atoms with Gasteiger partial charge in [0.25, 0.3) is 0 Å². The van der Waals surface area contributed by atoms with E-state index in [1.54, 1.807) is 0 Å². The molecule has 2 aliphatic rings. The Bertz CT molecular complexity index is 482. The van der Waals surface area contributed by atoms with Crippen LogP contribution < -0.4 is 11.3 Å². The molecule has 0 bridgehead atoms. The molecule has 0 aromatic carbocycles. The summed E-state index contributed by atoms with van der Waals surface area (Å²) < 4.78 is 0. The molecular weight excluding hydrogens is 260 g/mol. The van der Waals surface area contributed by atoms with Crippen LogP contribution in [-0.2, 0) is 0 Å². The Morgan fingerprint density at radius 1 is 1.05 bits per heavy atom. The molecule has 2 saturated carbocycles. The Labute approximate surface area is 127 Å². The molecule has 0 spiro atoms. The van der Waals surface area contributed by atoms with Crippen LogP contribution in [-0.4, -0.2) is 9.97 Å². The lowest BCUT2D eigenvalue weighted by Gasteiger charge is -2.33. The van der Waals surface area contributed by atoms with Gasteiger partial charge in [-0.05, 0) is 43.9 Å². The monoisotopic (exact) mass is 288 g/mol. The number of rotatable bonds is 3. The Balaban J connectivity index is 1.82. The van der Waals surface area contributed by atoms with E-state index in [0.29, 0.717) is 17.3 Å². The third kappa shape index (κ3) is 3.37. The highest BCUT2D eigenvalue weighted by Crippen LogP contribution is 2.42. The topological polar surface area (TPSA) is 63.8 Å². The molecule has 0 radical (unpaired) electrons. The maximum Gasteiger partial charge on any atom is 0.143 e. The van der Waals surface area contributed by atoms with Gasteiger partial charge < -0.3 is 5.43 Å². The van der Waals surface area contributed by atoms with Crippen LogP contribution in [0.2, 0.25) is 0 Å². The van der Waals surface area contributed by atoms with Crippen LogP contribution in [0.5, 0.6) is 0 Å². The smallest absolute Gasteiger partial charge is 0.143 e. The van der Waals surface area contributed by atoms with E-state index >= 15 is 0 Å². The van der Waals surface area contributed by atoms with Crippen molar-refractivity contribution < 1.29 is 0 Å². The first-order valence-corrected chi connectivity index (χ1v) is 8.43. The van der Waals surface area contributed by atoms with Crippen molar-refractivity contribution >= 4 is 5.82 Å². The van der Waals surface area contributed by atoms with Crippen molar-refractivity contribution in [2.45, 2.75) is 77.0 Å². The largest absolute Gasteiger partial charge is 0.308 e. The van der Waals surface area contributed by atoms with Crippen LogP contribution in [0.15, 0.2) is 6.07 Å². The zero-order valence-corrected chi connectivity index (χ0v) is 13.4. The zero-order valence-electron chi connectivity index (χ0n) is 13.4. The fraction of sp³-hybridized carbons (Fsp3) is 0.765. The van der Waals surface area contributed by atoms with E-state index in [1.807, 2.05) is 6.07 Å². The highest BCUT2D eigenvalue weighted by molar-refractivity contribution is 5.36. The SMILES string of the molecule is CC1(C)CCC(c2nc(NN)cc(C3CCCC3)n2)CC1. The summed E-state index contributed by atoms with van der Waals surface area (Å²) in [7, 11) is 0. The second-order valence-electron chi connectivity index (χ2n) is 7.60. The van der Waals surface area contributed by atoms with Gasteiger partial charge in [-0.1, -0.05) is 26.7 Å². The first-order chi connectivity index (χ1) is 10.1. The van der Waals surface area contributed by atoms with Crippen LogP contribution in [0.1, 0.15) is 88.6 Å². The van der Waals surface area contributed by atoms with Crippen molar-refractivity contribution in [3.8, 4) is 0 Å². The van der Waals surface area contributed by atoms with Gasteiger partial charge in [0, 0.05) is 23.6 Å². The number of nitrogen functional groups attached to an aromatic ring is 1. The second-order valence-corrected chi connectivity index (χ2v) is 7.60. The van der Waals surface area contributed by atoms with Gasteiger partial charge in [0.1, 0.15) is 11.6 Å². The average Bonchev–Trinajstić information content (AvgIpc) is 3.01. The minimum absolute atomic E-state index is 0.481. The molecule has 21 heavy (non-hydrogen) atoms. The van der Waals surface area contributed by atoms with E-state index < -0.39 is 0 Å². The fourth-order valence-electron chi connectivity index (χ4n) is 3.83. The number of nitrogens with one attached hydrogen (secondary N) is 1. The number of nitrogens with zero attached hydrogens (tertiary/aromatic N) is 2. The molecule has 1 heterocycles. The summed E-state index contributed by atoms with van der Waals surface area (Å²) in [6, 6.07) is 2.05. The molecule has 0 amide bonds. The molecule has 0 atom stereocenters. The van der Waals surface area contributed by atoms with Gasteiger partial charge in [0.2, 0.25) is 0 Å². The summed E-state index contributed by atoms with van der Waals surface area (Å²) in [5, 5.41) is 0. The predicted molar refractivity (Wildman–Crippen MR) is 86.0 cm³/mol. The molecule has 2 aliphatic carbocycles. The molecule has 4 heteroatoms. The van der Waals surface area contributed by atoms with E-state index in [4.69, 9.17) is 10.8 Å². The van der Waals surface area contributed by atoms with Crippen LogP contribution in [0.3, 0.4) is 0 Å². The predicted octanol–water partition coefficient (Wildman–Crippen LogP) is 4.10. The van der Waals surface area contributed by atoms with Crippen molar-refractivity contribution in [3.63, 3.8) is 0 Å². The van der Waals surface area contributed by atoms with Crippen molar-refractivity contribution in [2.75, 3.05) is 5.43 Å². The molecular formula is C17H28N4. The number of nitrogens with two attached hydrogens (primary N) is 1. The molecule has 4 nitrogen and oxygen atoms in total. The minimum Gasteiger partial charge on any atom is -0.308 e. The molecule has 0 aliphatic heterocycles. The van der Waals surface area contributed by atoms with Crippen LogP contribution in [0.25, 0.3) is 0 Å². The first-order valence-electron chi connectivity index (χ1n) is 8.43. The van der Waals surface area contributed by atoms with Gasteiger partial charge in [-0.2, -0.15) is 0 Å². The van der Waals surface area contributed by atoms with Gasteiger partial charge in [-0.3, -0.25) is 0 Å². The van der Waals surface area contributed by atoms with Crippen molar-refractivity contribution in [2.24, 2.45) is 11.3 Å². The zero-order chi connectivity index (χ0) is 14.9. The Morgan fingerprint density at radius 2 is 1.71 bits per heavy atom. The highest BCUT2D eigenvalue weighted by Gasteiger charge is 2.30. The maximum atomic E-state index is 5.62. The lowest BCUT2D eigenvalue weighted by Crippen LogP contribution is -2.22. The standard InChI is InChI=1S/C17H28N4/c1-17(2)9-7-13(8-10-17)16-19-14(11-15(20-16)21-18)12-5-3-4-6-12/h11-13H,3-10,18H2,1-2H3,(H,19,20,21). The van der Waals surface area contributed by atoms with E-state index in [0.717, 1.165) is 11.6 Å². The number of hydrogen-bond donors (Lipinski definition) is 2. The number of aromatic nitrogens is 2. The Kier molecular flexibility index (Phi) is 4.16. The lowest BCUT2D eigenvalue weighted by molar-refractivity contribution is 0.220. The first kappa shape index (κ1) is 14.8. The second kappa shape index (κ2) is 5.91. The van der Waals surface area contributed by atoms with Gasteiger partial charge in [0.15, 0.2) is 0 Å². The van der Waals surface area contributed by atoms with Crippen LogP contribution in [0, 0.1) is 5.41 Å². The maximum absolute atomic E-state index is 5.62. The van der Waals surface area contributed by atoms with Gasteiger partial charge in [-0.15, -0.1) is 0 Å². The van der Waals surface area contributed by atoms with E-state index in [1.165, 1.54) is 57.1 Å². The minimum atomic E-state index is 0.481. The lowest BCUT2D eigenvalue weighted by atomic mass is 9.73. The van der Waals surface area contributed by atoms with E-state index in [2.05, 4.69) is 24.3 Å². The van der Waals surface area contributed by atoms with Gasteiger partial charge in [0.05, 0.1) is 0 Å². The van der Waals surface area contributed by atoms with Crippen molar-refractivity contribution in [3.05, 3.63) is 17.6 Å². The molecule has 1 aromatic heterocycles. The van der Waals surface area contributed by atoms with Gasteiger partial charge in [-0.25, -0.2) is 15.8 Å². The number of hydrogen-bond acceptors (Lipinski definition) is 4. The molecule has 1 aromatic rings. The van der Waals surface area contributed by atoms with E-state index in [-0.39, 0.29) is 0 Å². The molecule has 3 rings (SSSR count). The molecule has 0 saturated heterocycles. The Hall–Kier alpha value is -1.16. The van der Waals surface area contributed by atoms with Crippen molar-refractivity contribution in [1.82, 2.24) is 9.97 Å². The third-order valence-corrected chi connectivity index (χ3v) is 5.39. The summed E-state index contributed by atoms with van der Waals surface area (Å²) in [5.74, 6) is 8.54. The quantitative estimate of drug-likeness (QED) is 0.649. The molecule has 0 unspecified atom stereocenters. The summed E-state index contributed by atoms with van der Waals surface area (Å²) in [6.07, 6.45) is 10.1. The Morgan fingerprint density at radius 3 is 2.33 bits per heavy atom. The van der Waals surface area contributed by atoms with Crippen LogP contribution >= 0.6 is 0 Å². The summed E-state index contributed by atoms with van der Waals surface area (Å²) in [5.41, 5.74) is 4.42. The summed E-state index contributed by atoms with van der Waals surface area (Å²) in [6.45, 7) is 4.73. The summed E-state index contributed by atoms with van der Waals surface area (Å²) >= 11 is 0. The van der Waals surface area contributed by atoms with E-state index in [9.17, 15) is 0 Å². The van der Waals surface area contributed by atoms with Crippen molar-refractivity contribution in [1.29, 1.82) is 0 Å². The average molecular weight is 288 g/mol. The molecule has 2 fully saturated rings. The summed E-state index contributed by atoms with van der Waals surface area (Å²) in [4.78, 5) is 9.58. The molecule has 116 valence electrons. The molecule has 3 N–H and O–H groups in total. The highest BCUT2D eigenvalue weighted by atomic mass is 15.3. The van der Waals surface area contributed by atoms with Gasteiger partial charge >= 0.3 is 0 Å². The normalized spacial score (nSPS) is 23.4. The number of hydrazine groups is 1. The number of anilines is 1. The fourth-order valence-corrected chi connectivity index (χ4v) is 3.83. The third-order valence-electron chi connectivity index (χ3n) is 5.39.